The summed E-state index contributed by atoms with van der Waals surface area (Å²) in [5, 5.41) is 17.8. The Morgan fingerprint density at radius 2 is 2.00 bits per heavy atom. The molecule has 1 heterocycles. The molecule has 0 aliphatic carbocycles. The van der Waals surface area contributed by atoms with Gasteiger partial charge in [-0.2, -0.15) is 8.42 Å². The Kier molecular flexibility index (Phi) is 3.50. The summed E-state index contributed by atoms with van der Waals surface area (Å²) in [5.41, 5.74) is 0. The fourth-order valence-corrected chi connectivity index (χ4v) is 2.11. The lowest BCUT2D eigenvalue weighted by atomic mass is 10.3. The number of hydrogen-bond acceptors (Lipinski definition) is 6. The lowest BCUT2D eigenvalue weighted by Crippen LogP contribution is -2.49. The second-order valence-corrected chi connectivity index (χ2v) is 4.92. The molecule has 10 heteroatoms. The number of rotatable bonds is 4. The van der Waals surface area contributed by atoms with Gasteiger partial charge in [0.15, 0.2) is 6.04 Å². The van der Waals surface area contributed by atoms with E-state index in [9.17, 15) is 22.8 Å². The molecule has 0 spiro atoms. The number of aliphatic hydroxyl groups excluding tert-OH is 1. The van der Waals surface area contributed by atoms with Crippen LogP contribution in [-0.2, 0) is 24.5 Å². The van der Waals surface area contributed by atoms with Crippen LogP contribution in [0.2, 0.25) is 0 Å². The molecule has 1 aliphatic heterocycles. The van der Waals surface area contributed by atoms with Gasteiger partial charge in [-0.15, -0.1) is 0 Å². The Morgan fingerprint density at radius 1 is 1.47 bits per heavy atom. The van der Waals surface area contributed by atoms with Gasteiger partial charge in [0.05, 0.1) is 6.42 Å². The van der Waals surface area contributed by atoms with Crippen molar-refractivity contribution in [2.24, 2.45) is 0 Å². The van der Waals surface area contributed by atoms with Crippen LogP contribution in [0.1, 0.15) is 6.42 Å². The molecule has 0 aromatic carbocycles. The van der Waals surface area contributed by atoms with Crippen molar-refractivity contribution in [1.82, 2.24) is 4.90 Å². The van der Waals surface area contributed by atoms with Crippen molar-refractivity contribution >= 4 is 27.9 Å². The second-order valence-electron chi connectivity index (χ2n) is 3.42. The lowest BCUT2D eigenvalue weighted by molar-refractivity contribution is -0.154. The summed E-state index contributed by atoms with van der Waals surface area (Å²) in [6.45, 7) is 0. The third-order valence-electron chi connectivity index (χ3n) is 2.12. The van der Waals surface area contributed by atoms with Crippen molar-refractivity contribution in [2.45, 2.75) is 18.6 Å². The molecule has 17 heavy (non-hydrogen) atoms. The monoisotopic (exact) mass is 267 g/mol. The number of hydrogen-bond donors (Lipinski definition) is 3. The van der Waals surface area contributed by atoms with Gasteiger partial charge in [-0.1, -0.05) is 0 Å². The number of imide groups is 1. The first kappa shape index (κ1) is 13.5. The summed E-state index contributed by atoms with van der Waals surface area (Å²) in [6, 6.07) is -2.04. The van der Waals surface area contributed by atoms with Gasteiger partial charge in [-0.05, 0) is 0 Å². The summed E-state index contributed by atoms with van der Waals surface area (Å²) in [5.74, 6) is -5.27. The minimum Gasteiger partial charge on any atom is -0.480 e. The summed E-state index contributed by atoms with van der Waals surface area (Å²) in [4.78, 5) is 33.4. The van der Waals surface area contributed by atoms with Gasteiger partial charge >= 0.3 is 5.97 Å². The molecule has 2 atom stereocenters. The van der Waals surface area contributed by atoms with Crippen LogP contribution < -0.4 is 0 Å². The van der Waals surface area contributed by atoms with Crippen LogP contribution in [0.5, 0.6) is 0 Å². The summed E-state index contributed by atoms with van der Waals surface area (Å²) in [7, 11) is -4.68. The Balaban J connectivity index is 3.04. The van der Waals surface area contributed by atoms with Crippen molar-refractivity contribution in [2.75, 3.05) is 5.75 Å². The maximum absolute atomic E-state index is 11.3. The molecule has 9 nitrogen and oxygen atoms in total. The Bertz CT molecular complexity index is 468. The third-order valence-corrected chi connectivity index (χ3v) is 2.86. The molecule has 1 unspecified atom stereocenters. The van der Waals surface area contributed by atoms with Crippen molar-refractivity contribution in [3.8, 4) is 0 Å². The molecule has 0 radical (unpaired) electrons. The van der Waals surface area contributed by atoms with Gasteiger partial charge in [0.1, 0.15) is 11.9 Å². The van der Waals surface area contributed by atoms with E-state index in [4.69, 9.17) is 14.8 Å². The van der Waals surface area contributed by atoms with E-state index in [0.717, 1.165) is 0 Å². The van der Waals surface area contributed by atoms with E-state index in [1.165, 1.54) is 0 Å². The molecule has 2 amide bonds. The maximum atomic E-state index is 11.3. The Hall–Kier alpha value is -1.52. The highest BCUT2D eigenvalue weighted by Crippen LogP contribution is 2.17. The zero-order valence-electron chi connectivity index (χ0n) is 8.31. The molecule has 0 aromatic rings. The predicted octanol–water partition coefficient (Wildman–Crippen LogP) is -2.55. The predicted molar refractivity (Wildman–Crippen MR) is 50.3 cm³/mol. The first-order chi connectivity index (χ1) is 7.63. The molecular formula is C7H9NO8S. The number of nitrogens with zero attached hydrogens (tertiary/aromatic N) is 1. The first-order valence-electron chi connectivity index (χ1n) is 4.35. The number of amides is 2. The zero-order chi connectivity index (χ0) is 13.4. The van der Waals surface area contributed by atoms with E-state index >= 15 is 0 Å². The molecule has 0 aromatic heterocycles. The molecule has 1 rings (SSSR count). The van der Waals surface area contributed by atoms with Gasteiger partial charge in [-0.25, -0.2) is 4.79 Å². The number of carbonyl (C=O) groups excluding carboxylic acids is 2. The fourth-order valence-electron chi connectivity index (χ4n) is 1.42. The van der Waals surface area contributed by atoms with E-state index < -0.39 is 52.2 Å². The van der Waals surface area contributed by atoms with Gasteiger partial charge in [0.2, 0.25) is 5.91 Å². The number of carboxylic acid groups (broad SMARTS) is 1. The maximum Gasteiger partial charge on any atom is 0.328 e. The highest BCUT2D eigenvalue weighted by Gasteiger charge is 2.45. The van der Waals surface area contributed by atoms with Crippen molar-refractivity contribution in [1.29, 1.82) is 0 Å². The van der Waals surface area contributed by atoms with Crippen LogP contribution in [0.25, 0.3) is 0 Å². The Morgan fingerprint density at radius 3 is 2.29 bits per heavy atom. The van der Waals surface area contributed by atoms with Crippen molar-refractivity contribution in [3.05, 3.63) is 0 Å². The minimum absolute atomic E-state index is 0.140. The fraction of sp³-hybridized carbons (Fsp3) is 0.571. The van der Waals surface area contributed by atoms with E-state index in [1.54, 1.807) is 0 Å². The second kappa shape index (κ2) is 4.39. The number of likely N-dealkylation sites (tertiary alicyclic amines) is 1. The van der Waals surface area contributed by atoms with E-state index in [1.807, 2.05) is 0 Å². The SMILES string of the molecule is O=C(O)[C@H](CS(=O)(=O)O)N1C(=O)CC(O)C1=O. The number of aliphatic carboxylic acids is 1. The van der Waals surface area contributed by atoms with Crippen LogP contribution in [0.4, 0.5) is 0 Å². The van der Waals surface area contributed by atoms with Gasteiger partial charge < -0.3 is 10.2 Å². The Labute approximate surface area is 95.4 Å². The van der Waals surface area contributed by atoms with Crippen molar-refractivity contribution < 1.29 is 37.6 Å². The van der Waals surface area contributed by atoms with Crippen LogP contribution in [0.15, 0.2) is 0 Å². The first-order valence-corrected chi connectivity index (χ1v) is 5.96. The van der Waals surface area contributed by atoms with Crippen LogP contribution in [0.3, 0.4) is 0 Å². The highest BCUT2D eigenvalue weighted by atomic mass is 32.2. The minimum atomic E-state index is -4.68. The van der Waals surface area contributed by atoms with Gasteiger partial charge in [0.25, 0.3) is 16.0 Å². The smallest absolute Gasteiger partial charge is 0.328 e. The van der Waals surface area contributed by atoms with Crippen LogP contribution in [0, 0.1) is 0 Å². The lowest BCUT2D eigenvalue weighted by Gasteiger charge is -2.21. The van der Waals surface area contributed by atoms with Gasteiger partial charge in [0, 0.05) is 0 Å². The number of carbonyl (C=O) groups is 3. The molecule has 3 N–H and O–H groups in total. The number of carboxylic acids is 1. The highest BCUT2D eigenvalue weighted by molar-refractivity contribution is 7.85. The summed E-state index contributed by atoms with van der Waals surface area (Å²) >= 11 is 0. The quantitative estimate of drug-likeness (QED) is 0.372. The van der Waals surface area contributed by atoms with Gasteiger partial charge in [-0.3, -0.25) is 19.0 Å². The average molecular weight is 267 g/mol. The van der Waals surface area contributed by atoms with E-state index in [2.05, 4.69) is 0 Å². The molecule has 0 saturated carbocycles. The number of aliphatic hydroxyl groups is 1. The molecule has 0 bridgehead atoms. The largest absolute Gasteiger partial charge is 0.480 e. The molecule has 1 fully saturated rings. The summed E-state index contributed by atoms with van der Waals surface area (Å²) < 4.78 is 29.7. The molecule has 1 aliphatic rings. The summed E-state index contributed by atoms with van der Waals surface area (Å²) in [6.07, 6.45) is -2.28. The van der Waals surface area contributed by atoms with Crippen LogP contribution >= 0.6 is 0 Å². The van der Waals surface area contributed by atoms with Crippen molar-refractivity contribution in [3.63, 3.8) is 0 Å². The normalized spacial score (nSPS) is 22.9. The molecular weight excluding hydrogens is 258 g/mol. The third kappa shape index (κ3) is 2.99. The van der Waals surface area contributed by atoms with E-state index in [0.29, 0.717) is 0 Å². The molecule has 1 saturated heterocycles. The zero-order valence-corrected chi connectivity index (χ0v) is 9.12. The van der Waals surface area contributed by atoms with E-state index in [-0.39, 0.29) is 4.90 Å². The average Bonchev–Trinajstić information content (AvgIpc) is 2.36. The topological polar surface area (TPSA) is 149 Å². The molecule has 96 valence electrons. The van der Waals surface area contributed by atoms with Crippen LogP contribution in [-0.4, -0.2) is 63.8 Å². The standard InChI is InChI=1S/C7H9NO8S/c9-4-1-5(10)8(6(4)11)3(7(12)13)2-17(14,15)16/h3-4,9H,1-2H2,(H,12,13)(H,14,15,16)/t3-,4?/m0/s1.